The van der Waals surface area contributed by atoms with Crippen molar-refractivity contribution in [3.8, 4) is 0 Å². The van der Waals surface area contributed by atoms with Crippen molar-refractivity contribution >= 4 is 22.8 Å². The average molecular weight is 369 g/mol. The zero-order valence-corrected chi connectivity index (χ0v) is 16.2. The number of nitrogens with zero attached hydrogens (tertiary/aromatic N) is 4. The molecule has 3 aromatic rings. The second-order valence-corrected chi connectivity index (χ2v) is 7.85. The fraction of sp³-hybridized carbons (Fsp3) is 0.429. The highest BCUT2D eigenvalue weighted by atomic mass is 35.5. The van der Waals surface area contributed by atoms with Crippen molar-refractivity contribution < 1.29 is 0 Å². The van der Waals surface area contributed by atoms with E-state index < -0.39 is 0 Å². The molecule has 4 nitrogen and oxygen atoms in total. The molecule has 0 aliphatic carbocycles. The third-order valence-electron chi connectivity index (χ3n) is 5.27. The van der Waals surface area contributed by atoms with Crippen LogP contribution in [0.3, 0.4) is 0 Å². The summed E-state index contributed by atoms with van der Waals surface area (Å²) in [7, 11) is 0. The summed E-state index contributed by atoms with van der Waals surface area (Å²) in [6, 6.07) is 12.7. The molecule has 0 saturated carbocycles. The summed E-state index contributed by atoms with van der Waals surface area (Å²) >= 11 is 6.33. The van der Waals surface area contributed by atoms with E-state index in [0.717, 1.165) is 54.5 Å². The van der Waals surface area contributed by atoms with Gasteiger partial charge in [-0.2, -0.15) is 0 Å². The van der Waals surface area contributed by atoms with Gasteiger partial charge in [0.1, 0.15) is 11.3 Å². The molecular formula is C21H25ClN4. The molecule has 1 fully saturated rings. The van der Waals surface area contributed by atoms with Gasteiger partial charge < -0.3 is 4.57 Å². The van der Waals surface area contributed by atoms with Crippen LogP contribution >= 0.6 is 11.6 Å². The molecule has 2 aromatic heterocycles. The maximum absolute atomic E-state index is 6.33. The number of pyridine rings is 1. The zero-order valence-electron chi connectivity index (χ0n) is 15.4. The molecule has 4 rings (SSSR count). The van der Waals surface area contributed by atoms with E-state index in [-0.39, 0.29) is 0 Å². The minimum absolute atomic E-state index is 0.394. The minimum atomic E-state index is 0.394. The van der Waals surface area contributed by atoms with Crippen molar-refractivity contribution in [3.05, 3.63) is 59.0 Å². The topological polar surface area (TPSA) is 34.0 Å². The molecule has 0 amide bonds. The Balaban J connectivity index is 1.52. The molecule has 0 atom stereocenters. The Hall–Kier alpha value is -1.91. The van der Waals surface area contributed by atoms with Crippen LogP contribution < -0.4 is 0 Å². The number of rotatable bonds is 4. The molecule has 1 aliphatic heterocycles. The molecule has 0 radical (unpaired) electrons. The Morgan fingerprint density at radius 3 is 2.62 bits per heavy atom. The lowest BCUT2D eigenvalue weighted by atomic mass is 10.0. The molecule has 5 heteroatoms. The molecular weight excluding hydrogens is 344 g/mol. The molecule has 0 N–H and O–H groups in total. The lowest BCUT2D eigenvalue weighted by Crippen LogP contribution is -2.34. The molecule has 0 unspecified atom stereocenters. The van der Waals surface area contributed by atoms with Crippen LogP contribution in [0.4, 0.5) is 0 Å². The summed E-state index contributed by atoms with van der Waals surface area (Å²) in [5.74, 6) is 1.55. The van der Waals surface area contributed by atoms with Crippen molar-refractivity contribution in [1.82, 2.24) is 19.4 Å². The summed E-state index contributed by atoms with van der Waals surface area (Å²) < 4.78 is 2.40. The predicted octanol–water partition coefficient (Wildman–Crippen LogP) is 5.05. The maximum Gasteiger partial charge on any atom is 0.160 e. The van der Waals surface area contributed by atoms with Gasteiger partial charge >= 0.3 is 0 Å². The lowest BCUT2D eigenvalue weighted by Gasteiger charge is -2.33. The van der Waals surface area contributed by atoms with Gasteiger partial charge in [-0.15, -0.1) is 0 Å². The van der Waals surface area contributed by atoms with Crippen molar-refractivity contribution in [2.75, 3.05) is 13.1 Å². The van der Waals surface area contributed by atoms with E-state index in [2.05, 4.69) is 46.5 Å². The Morgan fingerprint density at radius 2 is 1.88 bits per heavy atom. The predicted molar refractivity (Wildman–Crippen MR) is 107 cm³/mol. The highest BCUT2D eigenvalue weighted by molar-refractivity contribution is 6.31. The first kappa shape index (κ1) is 17.5. The van der Waals surface area contributed by atoms with Crippen LogP contribution in [0.1, 0.15) is 50.0 Å². The van der Waals surface area contributed by atoms with E-state index in [1.54, 1.807) is 0 Å². The molecule has 1 aromatic carbocycles. The van der Waals surface area contributed by atoms with E-state index in [0.29, 0.717) is 12.0 Å². The SMILES string of the molecule is CC(C)c1nc2cccnc2n1C1CCN(Cc2ccccc2Cl)CC1. The Labute approximate surface area is 159 Å². The Bertz CT molecular complexity index is 894. The van der Waals surface area contributed by atoms with E-state index in [1.165, 1.54) is 5.56 Å². The van der Waals surface area contributed by atoms with Crippen LogP contribution in [0, 0.1) is 0 Å². The van der Waals surface area contributed by atoms with Crippen LogP contribution in [0.5, 0.6) is 0 Å². The molecule has 1 aliphatic rings. The zero-order chi connectivity index (χ0) is 18.1. The van der Waals surface area contributed by atoms with Crippen molar-refractivity contribution in [2.45, 2.75) is 45.2 Å². The highest BCUT2D eigenvalue weighted by Crippen LogP contribution is 2.31. The number of benzene rings is 1. The fourth-order valence-corrected chi connectivity index (χ4v) is 4.11. The first-order chi connectivity index (χ1) is 12.6. The van der Waals surface area contributed by atoms with Crippen LogP contribution in [0.25, 0.3) is 11.2 Å². The molecule has 26 heavy (non-hydrogen) atoms. The first-order valence-corrected chi connectivity index (χ1v) is 9.80. The quantitative estimate of drug-likeness (QED) is 0.646. The normalized spacial score (nSPS) is 16.6. The maximum atomic E-state index is 6.33. The fourth-order valence-electron chi connectivity index (χ4n) is 3.92. The van der Waals surface area contributed by atoms with Crippen molar-refractivity contribution in [2.24, 2.45) is 0 Å². The third kappa shape index (κ3) is 3.36. The number of piperidine rings is 1. The second kappa shape index (κ2) is 7.37. The van der Waals surface area contributed by atoms with Gasteiger partial charge in [0.2, 0.25) is 0 Å². The van der Waals surface area contributed by atoms with Crippen LogP contribution in [0.2, 0.25) is 5.02 Å². The van der Waals surface area contributed by atoms with Crippen LogP contribution in [-0.2, 0) is 6.54 Å². The van der Waals surface area contributed by atoms with Gasteiger partial charge in [0.25, 0.3) is 0 Å². The van der Waals surface area contributed by atoms with Crippen LogP contribution in [0.15, 0.2) is 42.6 Å². The number of likely N-dealkylation sites (tertiary alicyclic amines) is 1. The largest absolute Gasteiger partial charge is 0.309 e. The number of imidazole rings is 1. The Morgan fingerprint density at radius 1 is 1.12 bits per heavy atom. The van der Waals surface area contributed by atoms with Gasteiger partial charge in [-0.25, -0.2) is 9.97 Å². The van der Waals surface area contributed by atoms with Gasteiger partial charge in [-0.3, -0.25) is 4.90 Å². The number of aromatic nitrogens is 3. The van der Waals surface area contributed by atoms with E-state index in [1.807, 2.05) is 24.4 Å². The van der Waals surface area contributed by atoms with Crippen molar-refractivity contribution in [1.29, 1.82) is 0 Å². The van der Waals surface area contributed by atoms with E-state index in [4.69, 9.17) is 16.6 Å². The number of hydrogen-bond donors (Lipinski definition) is 0. The summed E-state index contributed by atoms with van der Waals surface area (Å²) in [4.78, 5) is 12.0. The van der Waals surface area contributed by atoms with Gasteiger partial charge in [0.05, 0.1) is 0 Å². The van der Waals surface area contributed by atoms with Gasteiger partial charge in [0, 0.05) is 42.8 Å². The summed E-state index contributed by atoms with van der Waals surface area (Å²) in [6.45, 7) is 7.49. The first-order valence-electron chi connectivity index (χ1n) is 9.42. The molecule has 1 saturated heterocycles. The van der Waals surface area contributed by atoms with Gasteiger partial charge in [0.15, 0.2) is 5.65 Å². The lowest BCUT2D eigenvalue weighted by molar-refractivity contribution is 0.179. The number of fused-ring (bicyclic) bond motifs is 1. The van der Waals surface area contributed by atoms with Crippen molar-refractivity contribution in [3.63, 3.8) is 0 Å². The Kier molecular flexibility index (Phi) is 4.96. The second-order valence-electron chi connectivity index (χ2n) is 7.44. The summed E-state index contributed by atoms with van der Waals surface area (Å²) in [5.41, 5.74) is 3.25. The minimum Gasteiger partial charge on any atom is -0.309 e. The van der Waals surface area contributed by atoms with Gasteiger partial charge in [-0.05, 0) is 36.6 Å². The van der Waals surface area contributed by atoms with E-state index >= 15 is 0 Å². The summed E-state index contributed by atoms with van der Waals surface area (Å²) in [5, 5.41) is 0.863. The summed E-state index contributed by atoms with van der Waals surface area (Å²) in [6.07, 6.45) is 4.11. The molecule has 0 bridgehead atoms. The number of hydrogen-bond acceptors (Lipinski definition) is 3. The van der Waals surface area contributed by atoms with Crippen LogP contribution in [-0.4, -0.2) is 32.5 Å². The highest BCUT2D eigenvalue weighted by Gasteiger charge is 2.26. The smallest absolute Gasteiger partial charge is 0.160 e. The molecule has 3 heterocycles. The average Bonchev–Trinajstić information content (AvgIpc) is 3.04. The molecule has 0 spiro atoms. The number of halogens is 1. The van der Waals surface area contributed by atoms with E-state index in [9.17, 15) is 0 Å². The third-order valence-corrected chi connectivity index (χ3v) is 5.64. The van der Waals surface area contributed by atoms with Gasteiger partial charge in [-0.1, -0.05) is 43.6 Å². The standard InChI is InChI=1S/C21H25ClN4/c1-15(2)20-24-19-8-5-11-23-21(19)26(20)17-9-12-25(13-10-17)14-16-6-3-4-7-18(16)22/h3-8,11,15,17H,9-10,12-14H2,1-2H3. The molecule has 136 valence electrons. The monoisotopic (exact) mass is 368 g/mol.